The Morgan fingerprint density at radius 3 is 1.38 bits per heavy atom. The quantitative estimate of drug-likeness (QED) is 0.129. The van der Waals surface area contributed by atoms with Crippen molar-refractivity contribution in [1.29, 1.82) is 0 Å². The van der Waals surface area contributed by atoms with Crippen LogP contribution in [-0.4, -0.2) is 43.7 Å². The zero-order valence-corrected chi connectivity index (χ0v) is 21.6. The number of aromatic hydroxyl groups is 4. The van der Waals surface area contributed by atoms with Crippen molar-refractivity contribution in [1.82, 2.24) is 0 Å². The predicted octanol–water partition coefficient (Wildman–Crippen LogP) is 5.21. The second kappa shape index (κ2) is 11.8. The molecule has 0 bridgehead atoms. The molecule has 4 aromatic rings. The molecule has 204 valence electrons. The molecular weight excluding hydrogens is 500 g/mol. The zero-order valence-electron chi connectivity index (χ0n) is 21.6. The predicted molar refractivity (Wildman–Crippen MR) is 149 cm³/mol. The third-order valence-electron chi connectivity index (χ3n) is 6.59. The van der Waals surface area contributed by atoms with Gasteiger partial charge in [-0.15, -0.1) is 0 Å². The van der Waals surface area contributed by atoms with Crippen molar-refractivity contribution < 1.29 is 35.4 Å². The summed E-state index contributed by atoms with van der Waals surface area (Å²) in [5.41, 5.74) is 3.02. The zero-order chi connectivity index (χ0) is 28.1. The van der Waals surface area contributed by atoms with Gasteiger partial charge in [-0.1, -0.05) is 36.4 Å². The highest BCUT2D eigenvalue weighted by Gasteiger charge is 2.18. The first kappa shape index (κ1) is 27.4. The lowest BCUT2D eigenvalue weighted by atomic mass is 10.0. The van der Waals surface area contributed by atoms with Gasteiger partial charge in [-0.25, -0.2) is 0 Å². The third kappa shape index (κ3) is 6.11. The second-order valence-electron chi connectivity index (χ2n) is 9.18. The molecule has 0 heterocycles. The lowest BCUT2D eigenvalue weighted by Gasteiger charge is -2.20. The van der Waals surface area contributed by atoms with Gasteiger partial charge in [0.1, 0.15) is 0 Å². The highest BCUT2D eigenvalue weighted by molar-refractivity contribution is 5.62. The fraction of sp³-hybridized carbons (Fsp3) is 0.200. The Kier molecular flexibility index (Phi) is 8.33. The fourth-order valence-corrected chi connectivity index (χ4v) is 4.28. The number of hydrogen-bond acceptors (Lipinski definition) is 9. The van der Waals surface area contributed by atoms with E-state index in [9.17, 15) is 30.6 Å². The number of hydrogen-bond donors (Lipinski definition) is 8. The highest BCUT2D eigenvalue weighted by atomic mass is 16.5. The number of aliphatic hydroxyl groups excluding tert-OH is 2. The van der Waals surface area contributed by atoms with Gasteiger partial charge in [-0.05, 0) is 61.4 Å². The van der Waals surface area contributed by atoms with Crippen molar-refractivity contribution in [3.8, 4) is 34.5 Å². The summed E-state index contributed by atoms with van der Waals surface area (Å²) in [6.07, 6.45) is -1.91. The van der Waals surface area contributed by atoms with Crippen LogP contribution < -0.4 is 15.4 Å². The number of phenolic OH excluding ortho intramolecular Hbond substituents is 4. The molecule has 0 saturated heterocycles. The second-order valence-corrected chi connectivity index (χ2v) is 9.18. The van der Waals surface area contributed by atoms with E-state index in [1.165, 1.54) is 12.1 Å². The average Bonchev–Trinajstić information content (AvgIpc) is 2.93. The molecule has 2 atom stereocenters. The van der Waals surface area contributed by atoms with Gasteiger partial charge >= 0.3 is 0 Å². The molecule has 0 saturated carbocycles. The van der Waals surface area contributed by atoms with Crippen molar-refractivity contribution in [2.75, 3.05) is 23.7 Å². The van der Waals surface area contributed by atoms with Crippen LogP contribution in [0.4, 0.5) is 11.4 Å². The van der Waals surface area contributed by atoms with Crippen molar-refractivity contribution in [2.45, 2.75) is 26.1 Å². The molecule has 0 fully saturated rings. The van der Waals surface area contributed by atoms with Crippen molar-refractivity contribution in [2.24, 2.45) is 0 Å². The Hall–Kier alpha value is -4.60. The Bertz CT molecular complexity index is 1350. The largest absolute Gasteiger partial charge is 0.504 e. The Morgan fingerprint density at radius 1 is 0.590 bits per heavy atom. The van der Waals surface area contributed by atoms with E-state index in [0.29, 0.717) is 45.1 Å². The molecule has 0 spiro atoms. The fourth-order valence-electron chi connectivity index (χ4n) is 4.28. The maximum Gasteiger partial charge on any atom is 0.160 e. The molecule has 0 aliphatic rings. The molecule has 4 aromatic carbocycles. The van der Waals surface area contributed by atoms with Gasteiger partial charge < -0.3 is 46.0 Å². The SMILES string of the molecule is Cc1c(C(O)CNc2ccccc2Oc2ccccc2NCC(O)c2ccc(O)c(O)c2C)ccc(O)c1O. The molecule has 0 amide bonds. The molecule has 9 heteroatoms. The molecule has 4 rings (SSSR count). The number of rotatable bonds is 10. The summed E-state index contributed by atoms with van der Waals surface area (Å²) < 4.78 is 6.20. The Labute approximate surface area is 226 Å². The third-order valence-corrected chi connectivity index (χ3v) is 6.59. The Morgan fingerprint density at radius 2 is 0.974 bits per heavy atom. The van der Waals surface area contributed by atoms with Crippen LogP contribution in [-0.2, 0) is 0 Å². The van der Waals surface area contributed by atoms with Crippen LogP contribution >= 0.6 is 0 Å². The molecule has 0 radical (unpaired) electrons. The minimum Gasteiger partial charge on any atom is -0.504 e. The summed E-state index contributed by atoms with van der Waals surface area (Å²) in [6.45, 7) is 3.49. The lowest BCUT2D eigenvalue weighted by molar-refractivity contribution is 0.190. The summed E-state index contributed by atoms with van der Waals surface area (Å²) in [5.74, 6) is -0.00509. The smallest absolute Gasteiger partial charge is 0.160 e. The van der Waals surface area contributed by atoms with Crippen molar-refractivity contribution in [3.63, 3.8) is 0 Å². The number of ether oxygens (including phenoxy) is 1. The molecule has 0 aliphatic carbocycles. The molecule has 8 N–H and O–H groups in total. The monoisotopic (exact) mass is 532 g/mol. The van der Waals surface area contributed by atoms with Gasteiger partial charge in [0, 0.05) is 24.2 Å². The van der Waals surface area contributed by atoms with Crippen molar-refractivity contribution >= 4 is 11.4 Å². The van der Waals surface area contributed by atoms with Gasteiger partial charge in [0.25, 0.3) is 0 Å². The van der Waals surface area contributed by atoms with E-state index in [4.69, 9.17) is 4.74 Å². The van der Waals surface area contributed by atoms with Crippen molar-refractivity contribution in [3.05, 3.63) is 95.1 Å². The van der Waals surface area contributed by atoms with Crippen LogP contribution in [0, 0.1) is 13.8 Å². The topological polar surface area (TPSA) is 155 Å². The average molecular weight is 533 g/mol. The maximum atomic E-state index is 10.7. The molecule has 2 unspecified atom stereocenters. The number of nitrogens with one attached hydrogen (secondary N) is 2. The Balaban J connectivity index is 1.46. The number of anilines is 2. The van der Waals surface area contributed by atoms with Crippen LogP contribution in [0.25, 0.3) is 0 Å². The van der Waals surface area contributed by atoms with Crippen LogP contribution in [0.1, 0.15) is 34.5 Å². The standard InChI is InChI=1S/C30H32N2O7/c1-17-19(11-13-23(33)29(17)37)25(35)15-31-21-7-3-5-9-27(21)39-28-10-6-4-8-22(28)32-16-26(36)20-12-14-24(34)30(38)18(20)2/h3-14,25-26,31-38H,15-16H2,1-2H3. The van der Waals surface area contributed by atoms with E-state index in [-0.39, 0.29) is 36.1 Å². The van der Waals surface area contributed by atoms with E-state index in [1.54, 1.807) is 38.1 Å². The van der Waals surface area contributed by atoms with E-state index in [1.807, 2.05) is 36.4 Å². The van der Waals surface area contributed by atoms with E-state index in [0.717, 1.165) is 0 Å². The van der Waals surface area contributed by atoms with Crippen LogP contribution in [0.2, 0.25) is 0 Å². The summed E-state index contributed by atoms with van der Waals surface area (Å²) in [6, 6.07) is 20.3. The molecule has 0 aromatic heterocycles. The maximum absolute atomic E-state index is 10.7. The van der Waals surface area contributed by atoms with Crippen LogP contribution in [0.15, 0.2) is 72.8 Å². The summed E-state index contributed by atoms with van der Waals surface area (Å²) >= 11 is 0. The van der Waals surface area contributed by atoms with E-state index in [2.05, 4.69) is 10.6 Å². The summed E-state index contributed by atoms with van der Waals surface area (Å²) in [4.78, 5) is 0. The van der Waals surface area contributed by atoms with Crippen LogP contribution in [0.5, 0.6) is 34.5 Å². The molecule has 0 aliphatic heterocycles. The van der Waals surface area contributed by atoms with Gasteiger partial charge in [-0.3, -0.25) is 0 Å². The van der Waals surface area contributed by atoms with Crippen LogP contribution in [0.3, 0.4) is 0 Å². The minimum atomic E-state index is -0.956. The molecule has 9 nitrogen and oxygen atoms in total. The van der Waals surface area contributed by atoms with Gasteiger partial charge in [0.15, 0.2) is 34.5 Å². The summed E-state index contributed by atoms with van der Waals surface area (Å²) in [5, 5.41) is 67.1. The minimum absolute atomic E-state index is 0.121. The van der Waals surface area contributed by atoms with E-state index < -0.39 is 12.2 Å². The first-order valence-electron chi connectivity index (χ1n) is 12.4. The first-order valence-corrected chi connectivity index (χ1v) is 12.4. The van der Waals surface area contributed by atoms with Gasteiger partial charge in [-0.2, -0.15) is 0 Å². The molecular formula is C30H32N2O7. The first-order chi connectivity index (χ1) is 18.7. The normalized spacial score (nSPS) is 12.5. The molecule has 39 heavy (non-hydrogen) atoms. The van der Waals surface area contributed by atoms with E-state index >= 15 is 0 Å². The highest BCUT2D eigenvalue weighted by Crippen LogP contribution is 2.37. The van der Waals surface area contributed by atoms with Gasteiger partial charge in [0.2, 0.25) is 0 Å². The number of para-hydroxylation sites is 4. The lowest BCUT2D eigenvalue weighted by Crippen LogP contribution is -2.14. The summed E-state index contributed by atoms with van der Waals surface area (Å²) in [7, 11) is 0. The number of aliphatic hydroxyl groups is 2. The van der Waals surface area contributed by atoms with Gasteiger partial charge in [0.05, 0.1) is 23.6 Å². The number of benzene rings is 4. The number of phenols is 4.